The summed E-state index contributed by atoms with van der Waals surface area (Å²) in [6.07, 6.45) is 3.79. The van der Waals surface area contributed by atoms with Crippen molar-refractivity contribution in [3.8, 4) is 5.75 Å². The molecule has 0 saturated carbocycles. The van der Waals surface area contributed by atoms with Crippen molar-refractivity contribution in [2.45, 2.75) is 32.4 Å². The highest BCUT2D eigenvalue weighted by atomic mass is 35.5. The van der Waals surface area contributed by atoms with Crippen LogP contribution in [0.1, 0.15) is 25.3 Å². The molecule has 2 aromatic heterocycles. The number of rotatable bonds is 6. The third-order valence-electron chi connectivity index (χ3n) is 4.78. The molecule has 0 aliphatic carbocycles. The molecule has 3 heterocycles. The fourth-order valence-corrected chi connectivity index (χ4v) is 3.58. The summed E-state index contributed by atoms with van der Waals surface area (Å²) < 4.78 is 11.3. The average Bonchev–Trinajstić information content (AvgIpc) is 3.08. The van der Waals surface area contributed by atoms with Crippen molar-refractivity contribution in [3.63, 3.8) is 0 Å². The molecule has 0 unspecified atom stereocenters. The van der Waals surface area contributed by atoms with Gasteiger partial charge in [-0.3, -0.25) is 4.90 Å². The van der Waals surface area contributed by atoms with Gasteiger partial charge in [0.15, 0.2) is 0 Å². The van der Waals surface area contributed by atoms with E-state index < -0.39 is 0 Å². The first kappa shape index (κ1) is 18.1. The lowest BCUT2D eigenvalue weighted by Gasteiger charge is -2.32. The maximum atomic E-state index is 6.18. The second-order valence-electron chi connectivity index (χ2n) is 6.74. The van der Waals surface area contributed by atoms with Gasteiger partial charge in [-0.2, -0.15) is 4.98 Å². The van der Waals surface area contributed by atoms with Gasteiger partial charge < -0.3 is 14.5 Å². The van der Waals surface area contributed by atoms with Gasteiger partial charge in [0.05, 0.1) is 11.6 Å². The van der Waals surface area contributed by atoms with Crippen LogP contribution in [0.5, 0.6) is 5.75 Å². The number of anilines is 1. The Kier molecular flexibility index (Phi) is 5.45. The van der Waals surface area contributed by atoms with Gasteiger partial charge in [0.25, 0.3) is 6.01 Å². The first-order valence-corrected chi connectivity index (χ1v) is 9.70. The summed E-state index contributed by atoms with van der Waals surface area (Å²) in [6, 6.07) is 10.7. The molecule has 1 aromatic carbocycles. The van der Waals surface area contributed by atoms with E-state index in [-0.39, 0.29) is 0 Å². The predicted octanol–water partition coefficient (Wildman–Crippen LogP) is 4.35. The van der Waals surface area contributed by atoms with Crippen LogP contribution in [-0.4, -0.2) is 40.6 Å². The van der Waals surface area contributed by atoms with Crippen LogP contribution in [0.2, 0.25) is 5.02 Å². The van der Waals surface area contributed by atoms with Crippen molar-refractivity contribution in [3.05, 3.63) is 47.1 Å². The standard InChI is InChI=1S/C20H23ClN4O2/c1-2-26-18-12-14(5-6-16(18)21)13-25-10-7-15(8-11-25)23-20-24-17-4-3-9-22-19(17)27-20/h3-6,9,12,15H,2,7-8,10-11,13H2,1H3,(H,23,24). The first-order valence-electron chi connectivity index (χ1n) is 9.33. The van der Waals surface area contributed by atoms with Gasteiger partial charge in [0, 0.05) is 31.9 Å². The van der Waals surface area contributed by atoms with Crippen LogP contribution in [0.3, 0.4) is 0 Å². The number of benzene rings is 1. The Bertz CT molecular complexity index is 873. The molecule has 27 heavy (non-hydrogen) atoms. The number of hydrogen-bond donors (Lipinski definition) is 1. The number of piperidine rings is 1. The van der Waals surface area contributed by atoms with Crippen LogP contribution >= 0.6 is 11.6 Å². The number of aromatic nitrogens is 2. The molecule has 142 valence electrons. The van der Waals surface area contributed by atoms with Crippen LogP contribution < -0.4 is 10.1 Å². The van der Waals surface area contributed by atoms with Gasteiger partial charge in [-0.25, -0.2) is 4.98 Å². The molecule has 1 aliphatic heterocycles. The highest BCUT2D eigenvalue weighted by molar-refractivity contribution is 6.32. The molecule has 7 heteroatoms. The molecule has 1 N–H and O–H groups in total. The van der Waals surface area contributed by atoms with Gasteiger partial charge in [0.2, 0.25) is 5.71 Å². The number of fused-ring (bicyclic) bond motifs is 1. The Hall–Kier alpha value is -2.31. The Labute approximate surface area is 163 Å². The number of nitrogens with zero attached hydrogens (tertiary/aromatic N) is 3. The summed E-state index contributed by atoms with van der Waals surface area (Å²) in [6.45, 7) is 5.52. The molecular weight excluding hydrogens is 364 g/mol. The molecule has 0 amide bonds. The van der Waals surface area contributed by atoms with Crippen LogP contribution in [0, 0.1) is 0 Å². The van der Waals surface area contributed by atoms with E-state index in [1.165, 1.54) is 5.56 Å². The lowest BCUT2D eigenvalue weighted by Crippen LogP contribution is -2.38. The molecule has 6 nitrogen and oxygen atoms in total. The maximum Gasteiger partial charge on any atom is 0.297 e. The first-order chi connectivity index (χ1) is 13.2. The molecule has 1 fully saturated rings. The summed E-state index contributed by atoms with van der Waals surface area (Å²) in [5, 5.41) is 4.07. The number of hydrogen-bond acceptors (Lipinski definition) is 6. The number of pyridine rings is 1. The SMILES string of the molecule is CCOc1cc(CN2CCC(Nc3nc4cccnc4o3)CC2)ccc1Cl. The number of ether oxygens (including phenoxy) is 1. The smallest absolute Gasteiger partial charge is 0.297 e. The molecule has 0 atom stereocenters. The quantitative estimate of drug-likeness (QED) is 0.679. The Balaban J connectivity index is 1.31. The molecule has 1 saturated heterocycles. The largest absolute Gasteiger partial charge is 0.492 e. The summed E-state index contributed by atoms with van der Waals surface area (Å²) in [5.41, 5.74) is 2.58. The van der Waals surface area contributed by atoms with E-state index in [0.717, 1.165) is 43.7 Å². The van der Waals surface area contributed by atoms with E-state index in [1.54, 1.807) is 6.20 Å². The highest BCUT2D eigenvalue weighted by Crippen LogP contribution is 2.27. The third-order valence-corrected chi connectivity index (χ3v) is 5.10. The topological polar surface area (TPSA) is 63.4 Å². The Morgan fingerprint density at radius 3 is 2.93 bits per heavy atom. The van der Waals surface area contributed by atoms with Crippen molar-refractivity contribution in [2.24, 2.45) is 0 Å². The molecular formula is C20H23ClN4O2. The van der Waals surface area contributed by atoms with E-state index >= 15 is 0 Å². The zero-order valence-electron chi connectivity index (χ0n) is 15.3. The van der Waals surface area contributed by atoms with Crippen molar-refractivity contribution in [2.75, 3.05) is 25.0 Å². The van der Waals surface area contributed by atoms with Crippen LogP contribution in [0.4, 0.5) is 6.01 Å². The van der Waals surface area contributed by atoms with E-state index in [9.17, 15) is 0 Å². The van der Waals surface area contributed by atoms with Crippen molar-refractivity contribution < 1.29 is 9.15 Å². The summed E-state index contributed by atoms with van der Waals surface area (Å²) >= 11 is 6.18. The molecule has 0 bridgehead atoms. The maximum absolute atomic E-state index is 6.18. The van der Waals surface area contributed by atoms with Crippen molar-refractivity contribution in [1.82, 2.24) is 14.9 Å². The van der Waals surface area contributed by atoms with Gasteiger partial charge in [-0.1, -0.05) is 17.7 Å². The summed E-state index contributed by atoms with van der Waals surface area (Å²) in [7, 11) is 0. The van der Waals surface area contributed by atoms with Crippen LogP contribution in [-0.2, 0) is 6.54 Å². The van der Waals surface area contributed by atoms with Crippen molar-refractivity contribution in [1.29, 1.82) is 0 Å². The third kappa shape index (κ3) is 4.34. The normalized spacial score (nSPS) is 15.9. The predicted molar refractivity (Wildman–Crippen MR) is 106 cm³/mol. The second kappa shape index (κ2) is 8.15. The minimum atomic E-state index is 0.360. The lowest BCUT2D eigenvalue weighted by atomic mass is 10.0. The summed E-state index contributed by atoms with van der Waals surface area (Å²) in [5.74, 6) is 0.762. The second-order valence-corrected chi connectivity index (χ2v) is 7.15. The number of oxazole rings is 1. The zero-order chi connectivity index (χ0) is 18.6. The van der Waals surface area contributed by atoms with Crippen LogP contribution in [0.15, 0.2) is 40.9 Å². The molecule has 4 rings (SSSR count). The summed E-state index contributed by atoms with van der Waals surface area (Å²) in [4.78, 5) is 11.1. The van der Waals surface area contributed by atoms with Crippen molar-refractivity contribution >= 4 is 28.8 Å². The van der Waals surface area contributed by atoms with E-state index in [0.29, 0.717) is 29.4 Å². The van der Waals surface area contributed by atoms with Gasteiger partial charge in [-0.15, -0.1) is 0 Å². The fourth-order valence-electron chi connectivity index (χ4n) is 3.41. The van der Waals surface area contributed by atoms with Gasteiger partial charge >= 0.3 is 0 Å². The minimum absolute atomic E-state index is 0.360. The number of halogens is 1. The average molecular weight is 387 g/mol. The Morgan fingerprint density at radius 2 is 2.15 bits per heavy atom. The lowest BCUT2D eigenvalue weighted by molar-refractivity contribution is 0.210. The number of nitrogens with one attached hydrogen (secondary N) is 1. The van der Waals surface area contributed by atoms with Gasteiger partial charge in [0.1, 0.15) is 11.3 Å². The van der Waals surface area contributed by atoms with Gasteiger partial charge in [-0.05, 0) is 49.6 Å². The minimum Gasteiger partial charge on any atom is -0.492 e. The van der Waals surface area contributed by atoms with E-state index in [2.05, 4.69) is 26.3 Å². The Morgan fingerprint density at radius 1 is 1.30 bits per heavy atom. The van der Waals surface area contributed by atoms with E-state index in [1.807, 2.05) is 31.2 Å². The zero-order valence-corrected chi connectivity index (χ0v) is 16.1. The monoisotopic (exact) mass is 386 g/mol. The number of likely N-dealkylation sites (tertiary alicyclic amines) is 1. The molecule has 1 aliphatic rings. The molecule has 3 aromatic rings. The molecule has 0 radical (unpaired) electrons. The van der Waals surface area contributed by atoms with Crippen LogP contribution in [0.25, 0.3) is 11.2 Å². The molecule has 0 spiro atoms. The fraction of sp³-hybridized carbons (Fsp3) is 0.400. The highest BCUT2D eigenvalue weighted by Gasteiger charge is 2.21. The van der Waals surface area contributed by atoms with E-state index in [4.69, 9.17) is 20.8 Å².